The first-order valence-electron chi connectivity index (χ1n) is 8.49. The second-order valence-corrected chi connectivity index (χ2v) is 7.86. The summed E-state index contributed by atoms with van der Waals surface area (Å²) in [6.45, 7) is 7.69. The van der Waals surface area contributed by atoms with Crippen molar-refractivity contribution in [3.05, 3.63) is 12.4 Å². The van der Waals surface area contributed by atoms with Crippen molar-refractivity contribution in [1.82, 2.24) is 15.1 Å². The molecule has 0 saturated heterocycles. The van der Waals surface area contributed by atoms with Gasteiger partial charge in [0.1, 0.15) is 0 Å². The average Bonchev–Trinajstić information content (AvgIpc) is 2.90. The molecule has 0 spiro atoms. The van der Waals surface area contributed by atoms with E-state index in [0.717, 1.165) is 19.3 Å². The summed E-state index contributed by atoms with van der Waals surface area (Å²) < 4.78 is 6.72. The molecule has 0 aromatic carbocycles. The summed E-state index contributed by atoms with van der Waals surface area (Å²) in [6.07, 6.45) is 6.02. The minimum Gasteiger partial charge on any atom is -0.394 e. The molecule has 0 unspecified atom stereocenters. The van der Waals surface area contributed by atoms with Gasteiger partial charge in [0.2, 0.25) is 0 Å². The van der Waals surface area contributed by atoms with Crippen molar-refractivity contribution in [2.24, 2.45) is 11.3 Å². The van der Waals surface area contributed by atoms with Crippen LogP contribution in [0.25, 0.3) is 0 Å². The van der Waals surface area contributed by atoms with Crippen LogP contribution in [-0.4, -0.2) is 46.8 Å². The Balaban J connectivity index is 1.98. The van der Waals surface area contributed by atoms with E-state index in [9.17, 15) is 9.90 Å². The van der Waals surface area contributed by atoms with E-state index < -0.39 is 5.54 Å². The van der Waals surface area contributed by atoms with Gasteiger partial charge in [0.05, 0.1) is 37.2 Å². The van der Waals surface area contributed by atoms with Crippen molar-refractivity contribution < 1.29 is 14.6 Å². The van der Waals surface area contributed by atoms with Crippen LogP contribution < -0.4 is 10.6 Å². The molecule has 136 valence electrons. The summed E-state index contributed by atoms with van der Waals surface area (Å²) in [5.41, 5.74) is 0.149. The lowest BCUT2D eigenvalue weighted by molar-refractivity contribution is 0.0446. The van der Waals surface area contributed by atoms with Gasteiger partial charge in [0.25, 0.3) is 0 Å². The van der Waals surface area contributed by atoms with E-state index in [0.29, 0.717) is 24.8 Å². The highest BCUT2D eigenvalue weighted by Gasteiger charge is 2.43. The number of carbonyl (C=O) groups is 1. The fourth-order valence-electron chi connectivity index (χ4n) is 4.14. The molecular weight excluding hydrogens is 308 g/mol. The summed E-state index contributed by atoms with van der Waals surface area (Å²) in [5, 5.41) is 19.9. The van der Waals surface area contributed by atoms with Gasteiger partial charge in [-0.25, -0.2) is 4.79 Å². The SMILES string of the molecule is COCCn1cc(NC(=O)N[C@]2(CO)C[C@@H](C)CC(C)(C)C2)cn1. The maximum absolute atomic E-state index is 12.4. The molecular formula is C17H30N4O3. The van der Waals surface area contributed by atoms with Crippen LogP contribution in [0, 0.1) is 11.3 Å². The number of ether oxygens (including phenoxy) is 1. The summed E-state index contributed by atoms with van der Waals surface area (Å²) in [5.74, 6) is 0.456. The molecule has 1 fully saturated rings. The summed E-state index contributed by atoms with van der Waals surface area (Å²) >= 11 is 0. The second-order valence-electron chi connectivity index (χ2n) is 7.86. The van der Waals surface area contributed by atoms with E-state index in [1.165, 1.54) is 0 Å². The van der Waals surface area contributed by atoms with Gasteiger partial charge in [-0.1, -0.05) is 20.8 Å². The Kier molecular flexibility index (Phi) is 5.87. The predicted octanol–water partition coefficient (Wildman–Crippen LogP) is 2.23. The lowest BCUT2D eigenvalue weighted by atomic mass is 9.64. The van der Waals surface area contributed by atoms with E-state index in [1.54, 1.807) is 24.2 Å². The summed E-state index contributed by atoms with van der Waals surface area (Å²) in [6, 6.07) is -0.305. The minimum atomic E-state index is -0.572. The average molecular weight is 338 g/mol. The number of aliphatic hydroxyl groups is 1. The normalized spacial score (nSPS) is 26.1. The number of aliphatic hydroxyl groups excluding tert-OH is 1. The highest BCUT2D eigenvalue weighted by atomic mass is 16.5. The third-order valence-electron chi connectivity index (χ3n) is 4.55. The predicted molar refractivity (Wildman–Crippen MR) is 92.9 cm³/mol. The Morgan fingerprint density at radius 2 is 2.25 bits per heavy atom. The lowest BCUT2D eigenvalue weighted by Gasteiger charge is -2.47. The molecule has 24 heavy (non-hydrogen) atoms. The third kappa shape index (κ3) is 4.95. The van der Waals surface area contributed by atoms with Gasteiger partial charge in [-0.15, -0.1) is 0 Å². The molecule has 2 rings (SSSR count). The lowest BCUT2D eigenvalue weighted by Crippen LogP contribution is -2.58. The Labute approximate surface area is 143 Å². The van der Waals surface area contributed by atoms with E-state index in [4.69, 9.17) is 4.74 Å². The monoisotopic (exact) mass is 338 g/mol. The number of hydrogen-bond donors (Lipinski definition) is 3. The molecule has 0 bridgehead atoms. The molecule has 1 saturated carbocycles. The number of nitrogens with one attached hydrogen (secondary N) is 2. The van der Waals surface area contributed by atoms with Crippen molar-refractivity contribution in [3.63, 3.8) is 0 Å². The number of anilines is 1. The molecule has 1 heterocycles. The largest absolute Gasteiger partial charge is 0.394 e. The number of rotatable bonds is 6. The first kappa shape index (κ1) is 18.7. The van der Waals surface area contributed by atoms with Crippen molar-refractivity contribution in [1.29, 1.82) is 0 Å². The number of hydrogen-bond acceptors (Lipinski definition) is 4. The number of methoxy groups -OCH3 is 1. The van der Waals surface area contributed by atoms with Crippen LogP contribution in [0.2, 0.25) is 0 Å². The van der Waals surface area contributed by atoms with Crippen LogP contribution in [0.1, 0.15) is 40.0 Å². The van der Waals surface area contributed by atoms with Crippen molar-refractivity contribution >= 4 is 11.7 Å². The van der Waals surface area contributed by atoms with Gasteiger partial charge in [0.15, 0.2) is 0 Å². The van der Waals surface area contributed by atoms with Crippen LogP contribution in [-0.2, 0) is 11.3 Å². The van der Waals surface area contributed by atoms with E-state index in [2.05, 4.69) is 36.5 Å². The molecule has 1 aliphatic carbocycles. The maximum atomic E-state index is 12.4. The standard InChI is InChI=1S/C17H30N4O3/c1-13-7-16(2,3)11-17(8-13,12-22)20-15(23)19-14-9-18-21(10-14)5-6-24-4/h9-10,13,22H,5-8,11-12H2,1-4H3,(H2,19,20,23)/t13-,17+/m0/s1. The molecule has 1 aliphatic rings. The first-order chi connectivity index (χ1) is 11.3. The molecule has 2 amide bonds. The van der Waals surface area contributed by atoms with E-state index in [1.807, 2.05) is 0 Å². The van der Waals surface area contributed by atoms with Crippen molar-refractivity contribution in [2.45, 2.75) is 52.1 Å². The summed E-state index contributed by atoms with van der Waals surface area (Å²) in [4.78, 5) is 12.4. The van der Waals surface area contributed by atoms with Gasteiger partial charge in [-0.3, -0.25) is 4.68 Å². The third-order valence-corrected chi connectivity index (χ3v) is 4.55. The molecule has 1 aromatic rings. The Morgan fingerprint density at radius 3 is 2.88 bits per heavy atom. The molecule has 0 radical (unpaired) electrons. The number of amides is 2. The van der Waals surface area contributed by atoms with Crippen LogP contribution in [0.5, 0.6) is 0 Å². The molecule has 7 nitrogen and oxygen atoms in total. The second kappa shape index (κ2) is 7.53. The highest BCUT2D eigenvalue weighted by Crippen LogP contribution is 2.43. The number of carbonyl (C=O) groups excluding carboxylic acids is 1. The smallest absolute Gasteiger partial charge is 0.319 e. The van der Waals surface area contributed by atoms with Gasteiger partial charge >= 0.3 is 6.03 Å². The van der Waals surface area contributed by atoms with Gasteiger partial charge < -0.3 is 20.5 Å². The van der Waals surface area contributed by atoms with Crippen LogP contribution >= 0.6 is 0 Å². The maximum Gasteiger partial charge on any atom is 0.319 e. The van der Waals surface area contributed by atoms with Gasteiger partial charge in [-0.05, 0) is 30.6 Å². The van der Waals surface area contributed by atoms with Crippen molar-refractivity contribution in [2.75, 3.05) is 25.6 Å². The Bertz CT molecular complexity index is 558. The van der Waals surface area contributed by atoms with Crippen LogP contribution in [0.4, 0.5) is 10.5 Å². The zero-order valence-electron chi connectivity index (χ0n) is 15.1. The minimum absolute atomic E-state index is 0.0543. The van der Waals surface area contributed by atoms with Gasteiger partial charge in [0, 0.05) is 13.3 Å². The Morgan fingerprint density at radius 1 is 1.50 bits per heavy atom. The number of aromatic nitrogens is 2. The fourth-order valence-corrected chi connectivity index (χ4v) is 4.14. The molecule has 3 N–H and O–H groups in total. The van der Waals surface area contributed by atoms with Crippen LogP contribution in [0.15, 0.2) is 12.4 Å². The first-order valence-corrected chi connectivity index (χ1v) is 8.49. The molecule has 7 heteroatoms. The zero-order valence-corrected chi connectivity index (χ0v) is 15.1. The topological polar surface area (TPSA) is 88.4 Å². The zero-order chi connectivity index (χ0) is 17.8. The van der Waals surface area contributed by atoms with Crippen LogP contribution in [0.3, 0.4) is 0 Å². The van der Waals surface area contributed by atoms with E-state index >= 15 is 0 Å². The molecule has 2 atom stereocenters. The Hall–Kier alpha value is -1.60. The van der Waals surface area contributed by atoms with Gasteiger partial charge in [-0.2, -0.15) is 5.10 Å². The summed E-state index contributed by atoms with van der Waals surface area (Å²) in [7, 11) is 1.64. The highest BCUT2D eigenvalue weighted by molar-refractivity contribution is 5.89. The molecule has 0 aliphatic heterocycles. The quantitative estimate of drug-likeness (QED) is 0.742. The number of nitrogens with zero attached hydrogens (tertiary/aromatic N) is 2. The molecule has 1 aromatic heterocycles. The number of urea groups is 1. The van der Waals surface area contributed by atoms with Crippen molar-refractivity contribution in [3.8, 4) is 0 Å². The van der Waals surface area contributed by atoms with E-state index in [-0.39, 0.29) is 18.1 Å². The fraction of sp³-hybridized carbons (Fsp3) is 0.765.